The summed E-state index contributed by atoms with van der Waals surface area (Å²) in [7, 11) is 0. The topological polar surface area (TPSA) is 65.4 Å². The minimum Gasteiger partial charge on any atom is -0.486 e. The fraction of sp³-hybridized carbons (Fsp3) is 0.304. The molecule has 4 rings (SSSR count). The molecular formula is C23H25N3O3S. The van der Waals surface area contributed by atoms with Crippen LogP contribution >= 0.6 is 11.8 Å². The number of thioether (sulfide) groups is 1. The predicted molar refractivity (Wildman–Crippen MR) is 118 cm³/mol. The van der Waals surface area contributed by atoms with E-state index in [-0.39, 0.29) is 5.91 Å². The zero-order valence-electron chi connectivity index (χ0n) is 17.0. The SMILES string of the molecule is CCn1c(-c2ccc3c(c2)OCCO3)cnc1SCC(=O)NCCc1ccccc1. The van der Waals surface area contributed by atoms with Crippen molar-refractivity contribution < 1.29 is 14.3 Å². The Hall–Kier alpha value is -2.93. The predicted octanol–water partition coefficient (Wildman–Crippen LogP) is 3.79. The highest BCUT2D eigenvalue weighted by atomic mass is 32.2. The molecule has 2 aromatic carbocycles. The largest absolute Gasteiger partial charge is 0.486 e. The van der Waals surface area contributed by atoms with E-state index in [0.717, 1.165) is 40.9 Å². The van der Waals surface area contributed by atoms with E-state index in [9.17, 15) is 4.79 Å². The molecule has 7 heteroatoms. The van der Waals surface area contributed by atoms with E-state index in [1.54, 1.807) is 0 Å². The molecule has 0 unspecified atom stereocenters. The summed E-state index contributed by atoms with van der Waals surface area (Å²) in [5.74, 6) is 1.89. The van der Waals surface area contributed by atoms with Crippen molar-refractivity contribution in [2.24, 2.45) is 0 Å². The molecule has 0 aliphatic carbocycles. The summed E-state index contributed by atoms with van der Waals surface area (Å²) < 4.78 is 13.4. The van der Waals surface area contributed by atoms with E-state index < -0.39 is 0 Å². The number of carbonyl (C=O) groups is 1. The van der Waals surface area contributed by atoms with Gasteiger partial charge in [-0.1, -0.05) is 42.1 Å². The Morgan fingerprint density at radius 3 is 2.73 bits per heavy atom. The van der Waals surface area contributed by atoms with Crippen molar-refractivity contribution in [3.05, 3.63) is 60.3 Å². The standard InChI is InChI=1S/C23H25N3O3S/c1-2-26-19(18-8-9-20-21(14-18)29-13-12-28-20)15-25-23(26)30-16-22(27)24-11-10-17-6-4-3-5-7-17/h3-9,14-15H,2,10-13,16H2,1H3,(H,24,27). The summed E-state index contributed by atoms with van der Waals surface area (Å²) >= 11 is 1.45. The number of carbonyl (C=O) groups excluding carboxylic acids is 1. The highest BCUT2D eigenvalue weighted by Gasteiger charge is 2.16. The van der Waals surface area contributed by atoms with Crippen LogP contribution in [0.4, 0.5) is 0 Å². The zero-order chi connectivity index (χ0) is 20.8. The van der Waals surface area contributed by atoms with Gasteiger partial charge in [-0.15, -0.1) is 0 Å². The number of rotatable bonds is 8. The number of amides is 1. The van der Waals surface area contributed by atoms with Gasteiger partial charge in [-0.3, -0.25) is 4.79 Å². The van der Waals surface area contributed by atoms with Crippen molar-refractivity contribution in [1.29, 1.82) is 0 Å². The number of nitrogens with one attached hydrogen (secondary N) is 1. The molecule has 1 amide bonds. The number of nitrogens with zero attached hydrogens (tertiary/aromatic N) is 2. The van der Waals surface area contributed by atoms with Crippen LogP contribution in [0.25, 0.3) is 11.3 Å². The lowest BCUT2D eigenvalue weighted by atomic mass is 10.1. The Kier molecular flexibility index (Phi) is 6.59. The quantitative estimate of drug-likeness (QED) is 0.559. The molecule has 2 heterocycles. The number of imidazole rings is 1. The zero-order valence-corrected chi connectivity index (χ0v) is 17.8. The van der Waals surface area contributed by atoms with Crippen molar-refractivity contribution in [1.82, 2.24) is 14.9 Å². The van der Waals surface area contributed by atoms with Crippen LogP contribution in [0.1, 0.15) is 12.5 Å². The van der Waals surface area contributed by atoms with Gasteiger partial charge >= 0.3 is 0 Å². The molecule has 0 atom stereocenters. The third-order valence-corrected chi connectivity index (χ3v) is 5.87. The average molecular weight is 424 g/mol. The summed E-state index contributed by atoms with van der Waals surface area (Å²) in [6, 6.07) is 16.1. The molecule has 3 aromatic rings. The van der Waals surface area contributed by atoms with Crippen LogP contribution in [0.15, 0.2) is 59.9 Å². The van der Waals surface area contributed by atoms with Crippen molar-refractivity contribution in [2.75, 3.05) is 25.5 Å². The van der Waals surface area contributed by atoms with Gasteiger partial charge in [0, 0.05) is 18.7 Å². The molecule has 6 nitrogen and oxygen atoms in total. The van der Waals surface area contributed by atoms with E-state index in [1.165, 1.54) is 17.3 Å². The summed E-state index contributed by atoms with van der Waals surface area (Å²) in [5, 5.41) is 3.82. The fourth-order valence-electron chi connectivity index (χ4n) is 3.38. The molecule has 30 heavy (non-hydrogen) atoms. The molecule has 156 valence electrons. The Balaban J connectivity index is 1.36. The second kappa shape index (κ2) is 9.71. The van der Waals surface area contributed by atoms with Crippen LogP contribution in [0.2, 0.25) is 0 Å². The van der Waals surface area contributed by atoms with Crippen LogP contribution in [-0.4, -0.2) is 41.0 Å². The van der Waals surface area contributed by atoms with Gasteiger partial charge in [-0.25, -0.2) is 4.98 Å². The molecular weight excluding hydrogens is 398 g/mol. The maximum Gasteiger partial charge on any atom is 0.230 e. The molecule has 0 radical (unpaired) electrons. The van der Waals surface area contributed by atoms with Crippen LogP contribution in [0.5, 0.6) is 11.5 Å². The molecule has 0 bridgehead atoms. The number of hydrogen-bond donors (Lipinski definition) is 1. The van der Waals surface area contributed by atoms with Crippen LogP contribution < -0.4 is 14.8 Å². The molecule has 0 saturated carbocycles. The number of hydrogen-bond acceptors (Lipinski definition) is 5. The normalized spacial score (nSPS) is 12.6. The lowest BCUT2D eigenvalue weighted by molar-refractivity contribution is -0.118. The Morgan fingerprint density at radius 2 is 1.93 bits per heavy atom. The number of fused-ring (bicyclic) bond motifs is 1. The average Bonchev–Trinajstić information content (AvgIpc) is 3.21. The summed E-state index contributed by atoms with van der Waals surface area (Å²) in [6.07, 6.45) is 2.68. The maximum absolute atomic E-state index is 12.2. The van der Waals surface area contributed by atoms with Gasteiger partial charge in [0.05, 0.1) is 17.6 Å². The van der Waals surface area contributed by atoms with Crippen molar-refractivity contribution in [3.63, 3.8) is 0 Å². The molecule has 1 aliphatic rings. The minimum absolute atomic E-state index is 0.0162. The molecule has 1 aliphatic heterocycles. The van der Waals surface area contributed by atoms with Gasteiger partial charge < -0.3 is 19.4 Å². The lowest BCUT2D eigenvalue weighted by Crippen LogP contribution is -2.27. The van der Waals surface area contributed by atoms with E-state index in [0.29, 0.717) is 25.5 Å². The number of aromatic nitrogens is 2. The molecule has 0 spiro atoms. The first-order valence-electron chi connectivity index (χ1n) is 10.1. The van der Waals surface area contributed by atoms with Gasteiger partial charge in [-0.2, -0.15) is 0 Å². The summed E-state index contributed by atoms with van der Waals surface area (Å²) in [4.78, 5) is 16.8. The van der Waals surface area contributed by atoms with Crippen LogP contribution in [0.3, 0.4) is 0 Å². The Labute approximate surface area is 180 Å². The van der Waals surface area contributed by atoms with E-state index >= 15 is 0 Å². The minimum atomic E-state index is 0.0162. The second-order valence-corrected chi connectivity index (χ2v) is 7.85. The van der Waals surface area contributed by atoms with Crippen LogP contribution in [-0.2, 0) is 17.8 Å². The number of benzene rings is 2. The van der Waals surface area contributed by atoms with E-state index in [1.807, 2.05) is 42.6 Å². The first-order valence-corrected chi connectivity index (χ1v) is 11.1. The highest BCUT2D eigenvalue weighted by molar-refractivity contribution is 7.99. The fourth-order valence-corrected chi connectivity index (χ4v) is 4.26. The molecule has 1 N–H and O–H groups in total. The monoisotopic (exact) mass is 423 g/mol. The van der Waals surface area contributed by atoms with Gasteiger partial charge in [-0.05, 0) is 37.1 Å². The van der Waals surface area contributed by atoms with Gasteiger partial charge in [0.2, 0.25) is 5.91 Å². The van der Waals surface area contributed by atoms with Gasteiger partial charge in [0.15, 0.2) is 16.7 Å². The second-order valence-electron chi connectivity index (χ2n) is 6.90. The van der Waals surface area contributed by atoms with Crippen molar-refractivity contribution >= 4 is 17.7 Å². The van der Waals surface area contributed by atoms with E-state index in [4.69, 9.17) is 9.47 Å². The third-order valence-electron chi connectivity index (χ3n) is 4.88. The highest BCUT2D eigenvalue weighted by Crippen LogP contribution is 2.35. The lowest BCUT2D eigenvalue weighted by Gasteiger charge is -2.19. The van der Waals surface area contributed by atoms with Gasteiger partial charge in [0.1, 0.15) is 13.2 Å². The first kappa shape index (κ1) is 20.3. The Morgan fingerprint density at radius 1 is 1.13 bits per heavy atom. The third kappa shape index (κ3) is 4.79. The summed E-state index contributed by atoms with van der Waals surface area (Å²) in [5.41, 5.74) is 3.24. The van der Waals surface area contributed by atoms with Gasteiger partial charge in [0.25, 0.3) is 0 Å². The smallest absolute Gasteiger partial charge is 0.230 e. The first-order chi connectivity index (χ1) is 14.7. The molecule has 0 saturated heterocycles. The van der Waals surface area contributed by atoms with Crippen LogP contribution in [0, 0.1) is 0 Å². The van der Waals surface area contributed by atoms with Crippen molar-refractivity contribution in [3.8, 4) is 22.8 Å². The maximum atomic E-state index is 12.2. The molecule has 0 fully saturated rings. The van der Waals surface area contributed by atoms with E-state index in [2.05, 4.69) is 33.9 Å². The number of ether oxygens (including phenoxy) is 2. The molecule has 1 aromatic heterocycles. The summed E-state index contributed by atoms with van der Waals surface area (Å²) in [6.45, 7) is 4.61. The Bertz CT molecular complexity index is 1000. The van der Waals surface area contributed by atoms with Crippen molar-refractivity contribution in [2.45, 2.75) is 25.0 Å².